The number of carbonyl (C=O) groups is 3. The van der Waals surface area contributed by atoms with E-state index in [-0.39, 0.29) is 30.7 Å². The number of aromatic nitrogens is 7. The summed E-state index contributed by atoms with van der Waals surface area (Å²) in [5.74, 6) is -3.10. The van der Waals surface area contributed by atoms with Crippen molar-refractivity contribution in [1.82, 2.24) is 50.1 Å². The summed E-state index contributed by atoms with van der Waals surface area (Å²) in [4.78, 5) is 51.0. The predicted molar refractivity (Wildman–Crippen MR) is 279 cm³/mol. The zero-order valence-corrected chi connectivity index (χ0v) is 45.4. The molecule has 0 radical (unpaired) electrons. The Morgan fingerprint density at radius 1 is 0.973 bits per heavy atom. The van der Waals surface area contributed by atoms with Crippen molar-refractivity contribution in [2.24, 2.45) is 17.8 Å². The van der Waals surface area contributed by atoms with Gasteiger partial charge in [0.25, 0.3) is 0 Å². The average molecular weight is 1050 g/mol. The normalized spacial score (nSPS) is 31.2. The molecule has 1 amide bonds. The zero-order chi connectivity index (χ0) is 54.1. The Morgan fingerprint density at radius 3 is 2.32 bits per heavy atom. The Morgan fingerprint density at radius 2 is 1.65 bits per heavy atom. The van der Waals surface area contributed by atoms with Crippen molar-refractivity contribution in [2.45, 2.75) is 154 Å². The molecule has 21 nitrogen and oxygen atoms in total. The second kappa shape index (κ2) is 25.5. The van der Waals surface area contributed by atoms with Crippen molar-refractivity contribution in [3.05, 3.63) is 54.9 Å². The van der Waals surface area contributed by atoms with Crippen LogP contribution < -0.4 is 16.8 Å². The largest absolute Gasteiger partial charge is 0.458 e. The highest BCUT2D eigenvalue weighted by atomic mass is 32.2. The molecule has 13 atom stereocenters. The SMILES string of the molecule is CC[C@H]1OC(=O)[C@H](C)C(=O)[C@H](C)[C@@H](O[C@@H]2OC(Cn3cc(-c4cccc(N)n4)nn3)CC(N(C)C)C2O)[C@](C)(OC)C[C@@H](C)CN[C@H](C)[C@H]2N(CCCCn3cc(-c4cccc(N)c4)nn3)C(=O)O[C@]12C.CSF. The fourth-order valence-corrected chi connectivity index (χ4v) is 10.8. The summed E-state index contributed by atoms with van der Waals surface area (Å²) in [7, 11) is 5.33. The lowest BCUT2D eigenvalue weighted by Crippen LogP contribution is -2.61. The fourth-order valence-electron chi connectivity index (χ4n) is 10.8. The van der Waals surface area contributed by atoms with E-state index in [1.165, 1.54) is 13.2 Å². The van der Waals surface area contributed by atoms with Gasteiger partial charge >= 0.3 is 12.1 Å². The fraction of sp³-hybridized carbons (Fsp3) is 0.647. The number of esters is 1. The van der Waals surface area contributed by atoms with Gasteiger partial charge in [-0.25, -0.2) is 14.5 Å². The van der Waals surface area contributed by atoms with E-state index in [2.05, 4.69) is 37.8 Å². The molecule has 3 unspecified atom stereocenters. The first-order chi connectivity index (χ1) is 35.2. The topological polar surface area (TPSA) is 262 Å². The maximum absolute atomic E-state index is 14.7. The van der Waals surface area contributed by atoms with Crippen LogP contribution in [0.4, 0.5) is 20.2 Å². The molecule has 6 heterocycles. The van der Waals surface area contributed by atoms with Crippen LogP contribution in [0.25, 0.3) is 22.6 Å². The van der Waals surface area contributed by atoms with Gasteiger partial charge in [-0.2, -0.15) is 3.89 Å². The molecule has 3 fully saturated rings. The number of methoxy groups -OCH3 is 1. The Balaban J connectivity index is 0.00000290. The van der Waals surface area contributed by atoms with Crippen molar-refractivity contribution in [3.8, 4) is 22.6 Å². The van der Waals surface area contributed by atoms with Crippen LogP contribution in [0, 0.1) is 17.8 Å². The second-order valence-electron chi connectivity index (χ2n) is 20.5. The number of unbranched alkanes of at least 4 members (excludes halogenated alkanes) is 1. The third kappa shape index (κ3) is 13.6. The van der Waals surface area contributed by atoms with Crippen molar-refractivity contribution in [1.29, 1.82) is 0 Å². The molecule has 74 heavy (non-hydrogen) atoms. The number of aryl methyl sites for hydroxylation is 1. The number of anilines is 2. The van der Waals surface area contributed by atoms with E-state index < -0.39 is 83.7 Å². The minimum atomic E-state index is -1.27. The number of nitrogens with one attached hydrogen (secondary N) is 1. The molecule has 0 bridgehead atoms. The van der Waals surface area contributed by atoms with Gasteiger partial charge in [0.1, 0.15) is 35.3 Å². The Hall–Kier alpha value is -5.30. The molecule has 3 saturated heterocycles. The molecule has 0 aliphatic carbocycles. The molecule has 3 aliphatic rings. The third-order valence-electron chi connectivity index (χ3n) is 14.7. The number of rotatable bonds is 14. The second-order valence-corrected chi connectivity index (χ2v) is 20.8. The minimum Gasteiger partial charge on any atom is -0.458 e. The maximum Gasteiger partial charge on any atom is 0.410 e. The summed E-state index contributed by atoms with van der Waals surface area (Å²) in [5.41, 5.74) is 12.8. The van der Waals surface area contributed by atoms with Gasteiger partial charge in [-0.1, -0.05) is 49.4 Å². The van der Waals surface area contributed by atoms with Gasteiger partial charge in [0, 0.05) is 67.9 Å². The van der Waals surface area contributed by atoms with Gasteiger partial charge in [-0.05, 0) is 111 Å². The molecule has 1 aromatic carbocycles. The first-order valence-electron chi connectivity index (χ1n) is 25.4. The highest BCUT2D eigenvalue weighted by Crippen LogP contribution is 2.40. The maximum atomic E-state index is 14.7. The molecular weight excluding hydrogens is 976 g/mol. The molecule has 3 aliphatic heterocycles. The number of likely N-dealkylation sites (N-methyl/N-ethyl adjacent to an activating group) is 1. The molecule has 3 aromatic heterocycles. The summed E-state index contributed by atoms with van der Waals surface area (Å²) in [6.07, 6.45) is 2.24. The lowest BCUT2D eigenvalue weighted by Gasteiger charge is -2.47. The van der Waals surface area contributed by atoms with Gasteiger partial charge in [-0.15, -0.1) is 10.2 Å². The summed E-state index contributed by atoms with van der Waals surface area (Å²) in [6.45, 7) is 14.6. The molecule has 6 N–H and O–H groups in total. The first-order valence-corrected chi connectivity index (χ1v) is 26.5. The van der Waals surface area contributed by atoms with Crippen molar-refractivity contribution < 1.29 is 47.1 Å². The number of benzene rings is 1. The number of nitrogens with two attached hydrogens (primary N) is 2. The number of aliphatic hydroxyl groups excluding tert-OH is 1. The highest BCUT2D eigenvalue weighted by molar-refractivity contribution is 7.93. The summed E-state index contributed by atoms with van der Waals surface area (Å²) in [5, 5.41) is 32.9. The number of nitrogens with zero attached hydrogens (tertiary/aromatic N) is 9. The smallest absolute Gasteiger partial charge is 0.410 e. The lowest BCUT2D eigenvalue weighted by atomic mass is 9.78. The van der Waals surface area contributed by atoms with E-state index in [4.69, 9.17) is 35.2 Å². The number of fused-ring (bicyclic) bond motifs is 1. The van der Waals surface area contributed by atoms with E-state index in [1.54, 1.807) is 52.7 Å². The van der Waals surface area contributed by atoms with E-state index in [9.17, 15) is 23.4 Å². The van der Waals surface area contributed by atoms with Gasteiger partial charge in [0.2, 0.25) is 0 Å². The van der Waals surface area contributed by atoms with E-state index >= 15 is 0 Å². The van der Waals surface area contributed by atoms with E-state index in [1.807, 2.05) is 77.2 Å². The number of halogens is 1. The number of pyridine rings is 1. The Kier molecular flexibility index (Phi) is 20.0. The monoisotopic (exact) mass is 1050 g/mol. The number of ether oxygens (including phenoxy) is 5. The van der Waals surface area contributed by atoms with Gasteiger partial charge < -0.3 is 50.5 Å². The molecule has 4 aromatic rings. The lowest BCUT2D eigenvalue weighted by molar-refractivity contribution is -0.299. The minimum absolute atomic E-state index is 0.0775. The number of ketones is 1. The number of aliphatic hydroxyl groups is 1. The quantitative estimate of drug-likeness (QED) is 0.0531. The van der Waals surface area contributed by atoms with Crippen LogP contribution >= 0.6 is 12.1 Å². The number of hydrogen-bond donors (Lipinski definition) is 4. The third-order valence-corrected chi connectivity index (χ3v) is 14.7. The summed E-state index contributed by atoms with van der Waals surface area (Å²) < 4.78 is 46.0. The average Bonchev–Trinajstić information content (AvgIpc) is 4.11. The predicted octanol–water partition coefficient (Wildman–Crippen LogP) is 5.43. The number of Topliss-reactive ketones (excluding diaryl/α,β-unsaturated/α-hetero) is 1. The first kappa shape index (κ1) is 58.0. The number of hydrogen-bond acceptors (Lipinski definition) is 19. The van der Waals surface area contributed by atoms with E-state index in [0.717, 1.165) is 5.56 Å². The summed E-state index contributed by atoms with van der Waals surface area (Å²) in [6, 6.07) is 11.5. The molecular formula is C51H77FN12O9S. The number of cyclic esters (lactones) is 1. The van der Waals surface area contributed by atoms with Gasteiger partial charge in [0.05, 0.1) is 48.5 Å². The van der Waals surface area contributed by atoms with E-state index in [0.29, 0.717) is 80.3 Å². The molecule has 0 saturated carbocycles. The van der Waals surface area contributed by atoms with Gasteiger partial charge in [-0.3, -0.25) is 19.2 Å². The van der Waals surface area contributed by atoms with Crippen LogP contribution in [0.5, 0.6) is 0 Å². The molecule has 23 heteroatoms. The highest BCUT2D eigenvalue weighted by Gasteiger charge is 2.59. The van der Waals surface area contributed by atoms with Crippen LogP contribution in [0.1, 0.15) is 80.6 Å². The molecule has 0 spiro atoms. The van der Waals surface area contributed by atoms with Crippen LogP contribution in [0.3, 0.4) is 0 Å². The number of amides is 1. The zero-order valence-electron chi connectivity index (χ0n) is 44.6. The molecule has 408 valence electrons. The molecule has 7 rings (SSSR count). The van der Waals surface area contributed by atoms with Crippen LogP contribution in [-0.4, -0.2) is 168 Å². The van der Waals surface area contributed by atoms with Gasteiger partial charge in [0.15, 0.2) is 17.7 Å². The summed E-state index contributed by atoms with van der Waals surface area (Å²) >= 11 is 0.250. The number of carbonyl (C=O) groups excluding carboxylic acids is 3. The van der Waals surface area contributed by atoms with Crippen LogP contribution in [0.15, 0.2) is 54.9 Å². The Bertz CT molecular complexity index is 2490. The standard InChI is InChI=1S/C50H74N12O9.CH3FS/c1-11-40-50(7)44(62(48(66)71-50)21-13-12-20-60-27-37(55-57-60)33-16-14-17-34(51)22-33)32(5)53-25-29(2)24-49(6,67-10)45(30(3)42(63)31(4)46(65)69-40)70-47-43(64)39(59(8)9)23-35(68-47)26-61-28-38(56-58-61)36-18-15-19-41(52)54-36;1-3-2/h14-19,22,27-32,35,39-40,43-45,47,53,64H,11-13,20-21,23-26,51H2,1-10H3,(H2,52,54);1H3/t29-,30+,31-,32-,35?,39?,40-,43?,44-,45-,47+,49-,50-;/m1./s1. The van der Waals surface area contributed by atoms with Crippen molar-refractivity contribution in [3.63, 3.8) is 0 Å². The van der Waals surface area contributed by atoms with Crippen molar-refractivity contribution >= 4 is 41.5 Å². The van der Waals surface area contributed by atoms with Crippen LogP contribution in [-0.2, 0) is 46.4 Å². The Labute approximate surface area is 438 Å². The van der Waals surface area contributed by atoms with Crippen molar-refractivity contribution in [2.75, 3.05) is 52.0 Å². The van der Waals surface area contributed by atoms with Crippen LogP contribution in [0.2, 0.25) is 0 Å². The number of nitrogen functional groups attached to an aromatic ring is 2.